The molecule has 0 nitrogen and oxygen atoms in total. The fourth-order valence-corrected chi connectivity index (χ4v) is 3.76. The summed E-state index contributed by atoms with van der Waals surface area (Å²) in [6.45, 7) is 4.49. The van der Waals surface area contributed by atoms with Crippen molar-refractivity contribution in [3.05, 3.63) is 70.8 Å². The number of thiocarbonyl (C=S) groups is 1. The molecule has 0 aromatic heterocycles. The summed E-state index contributed by atoms with van der Waals surface area (Å²) in [5.41, 5.74) is 5.11. The van der Waals surface area contributed by atoms with Crippen molar-refractivity contribution in [3.63, 3.8) is 0 Å². The second-order valence-corrected chi connectivity index (χ2v) is 8.08. The first kappa shape index (κ1) is 21.2. The van der Waals surface area contributed by atoms with Gasteiger partial charge in [-0.15, -0.1) is 0 Å². The number of hydrogen-bond donors (Lipinski definition) is 1. The minimum atomic E-state index is -0.0272. The lowest BCUT2D eigenvalue weighted by atomic mass is 9.99. The van der Waals surface area contributed by atoms with Crippen molar-refractivity contribution in [2.75, 3.05) is 0 Å². The van der Waals surface area contributed by atoms with Crippen LogP contribution < -0.4 is 0 Å². The number of thiol groups is 1. The standard InChI is InChI=1S/C24H32S2/c1-3-5-7-9-19-11-15-21(16-12-19)23(25)24(26)22-17-13-20(14-18-22)10-8-6-4-2/h11-18,23,25H,3-10H2,1-2H3. The summed E-state index contributed by atoms with van der Waals surface area (Å²) in [5, 5.41) is -0.0272. The quantitative estimate of drug-likeness (QED) is 0.181. The second-order valence-electron chi connectivity index (χ2n) is 7.12. The number of hydrogen-bond acceptors (Lipinski definition) is 2. The average molecular weight is 385 g/mol. The summed E-state index contributed by atoms with van der Waals surface area (Å²) in [6, 6.07) is 17.6. The van der Waals surface area contributed by atoms with Crippen LogP contribution in [-0.4, -0.2) is 4.86 Å². The maximum absolute atomic E-state index is 5.72. The molecule has 2 rings (SSSR count). The van der Waals surface area contributed by atoms with Crippen molar-refractivity contribution >= 4 is 29.7 Å². The van der Waals surface area contributed by atoms with Crippen molar-refractivity contribution in [1.82, 2.24) is 0 Å². The van der Waals surface area contributed by atoms with E-state index in [1.807, 2.05) is 0 Å². The third kappa shape index (κ3) is 6.55. The molecule has 0 aliphatic carbocycles. The molecule has 0 saturated carbocycles. The van der Waals surface area contributed by atoms with Crippen LogP contribution in [0, 0.1) is 0 Å². The summed E-state index contributed by atoms with van der Waals surface area (Å²) in [6.07, 6.45) is 9.98. The van der Waals surface area contributed by atoms with E-state index in [-0.39, 0.29) is 5.25 Å². The molecular formula is C24H32S2. The maximum Gasteiger partial charge on any atom is 0.0624 e. The van der Waals surface area contributed by atoms with Gasteiger partial charge in [-0.2, -0.15) is 12.6 Å². The molecule has 0 heterocycles. The van der Waals surface area contributed by atoms with Gasteiger partial charge in [0.05, 0.1) is 5.25 Å². The molecule has 0 spiro atoms. The Balaban J connectivity index is 1.95. The first-order valence-electron chi connectivity index (χ1n) is 10.1. The van der Waals surface area contributed by atoms with E-state index in [2.05, 4.69) is 62.4 Å². The van der Waals surface area contributed by atoms with E-state index in [0.29, 0.717) is 0 Å². The van der Waals surface area contributed by atoms with Crippen LogP contribution in [0.5, 0.6) is 0 Å². The van der Waals surface area contributed by atoms with Crippen LogP contribution >= 0.6 is 24.8 Å². The number of unbranched alkanes of at least 4 members (excludes halogenated alkanes) is 4. The molecule has 2 aromatic rings. The molecule has 0 bridgehead atoms. The molecule has 0 saturated heterocycles. The highest BCUT2D eigenvalue weighted by atomic mass is 32.1. The minimum absolute atomic E-state index is 0.0272. The van der Waals surface area contributed by atoms with Gasteiger partial charge in [0.15, 0.2) is 0 Å². The largest absolute Gasteiger partial charge is 0.165 e. The lowest BCUT2D eigenvalue weighted by molar-refractivity contribution is 0.717. The molecule has 0 amide bonds. The molecule has 0 aliphatic rings. The van der Waals surface area contributed by atoms with E-state index in [1.165, 1.54) is 55.2 Å². The summed E-state index contributed by atoms with van der Waals surface area (Å²) in [5.74, 6) is 0. The van der Waals surface area contributed by atoms with E-state index < -0.39 is 0 Å². The van der Waals surface area contributed by atoms with Gasteiger partial charge < -0.3 is 0 Å². The second kappa shape index (κ2) is 11.6. The summed E-state index contributed by atoms with van der Waals surface area (Å²) >= 11 is 10.5. The summed E-state index contributed by atoms with van der Waals surface area (Å²) < 4.78 is 0. The van der Waals surface area contributed by atoms with Crippen LogP contribution in [0.3, 0.4) is 0 Å². The zero-order chi connectivity index (χ0) is 18.8. The Bertz CT molecular complexity index is 656. The monoisotopic (exact) mass is 384 g/mol. The zero-order valence-corrected chi connectivity index (χ0v) is 17.9. The number of benzene rings is 2. The van der Waals surface area contributed by atoms with Crippen LogP contribution in [0.4, 0.5) is 0 Å². The Morgan fingerprint density at radius 1 is 0.769 bits per heavy atom. The Morgan fingerprint density at radius 3 is 1.69 bits per heavy atom. The van der Waals surface area contributed by atoms with Gasteiger partial charge in [0.2, 0.25) is 0 Å². The lowest BCUT2D eigenvalue weighted by Crippen LogP contribution is -2.06. The van der Waals surface area contributed by atoms with Crippen molar-refractivity contribution in [2.45, 2.75) is 70.5 Å². The minimum Gasteiger partial charge on any atom is -0.165 e. The number of rotatable bonds is 11. The van der Waals surface area contributed by atoms with Crippen LogP contribution in [0.25, 0.3) is 0 Å². The summed E-state index contributed by atoms with van der Waals surface area (Å²) in [4.78, 5) is 0.909. The van der Waals surface area contributed by atoms with Gasteiger partial charge in [-0.25, -0.2) is 0 Å². The van der Waals surface area contributed by atoms with Crippen LogP contribution in [-0.2, 0) is 12.8 Å². The predicted octanol–water partition coefficient (Wildman–Crippen LogP) is 7.54. The normalized spacial score (nSPS) is 12.1. The lowest BCUT2D eigenvalue weighted by Gasteiger charge is -2.14. The van der Waals surface area contributed by atoms with E-state index in [4.69, 9.17) is 24.8 Å². The van der Waals surface area contributed by atoms with Crippen molar-refractivity contribution in [2.24, 2.45) is 0 Å². The first-order valence-corrected chi connectivity index (χ1v) is 11.0. The zero-order valence-electron chi connectivity index (χ0n) is 16.2. The molecule has 2 aromatic carbocycles. The molecular weight excluding hydrogens is 352 g/mol. The van der Waals surface area contributed by atoms with Gasteiger partial charge in [0.25, 0.3) is 0 Å². The van der Waals surface area contributed by atoms with Gasteiger partial charge in [0, 0.05) is 4.86 Å². The molecule has 1 atom stereocenters. The van der Waals surface area contributed by atoms with Gasteiger partial charge >= 0.3 is 0 Å². The Labute approximate surface area is 170 Å². The highest BCUT2D eigenvalue weighted by Gasteiger charge is 2.14. The van der Waals surface area contributed by atoms with Crippen LogP contribution in [0.15, 0.2) is 48.5 Å². The van der Waals surface area contributed by atoms with Gasteiger partial charge in [-0.05, 0) is 47.9 Å². The molecule has 0 N–H and O–H groups in total. The molecule has 0 fully saturated rings. The highest BCUT2D eigenvalue weighted by molar-refractivity contribution is 7.86. The van der Waals surface area contributed by atoms with E-state index in [0.717, 1.165) is 23.3 Å². The van der Waals surface area contributed by atoms with Gasteiger partial charge in [-0.3, -0.25) is 0 Å². The predicted molar refractivity (Wildman–Crippen MR) is 123 cm³/mol. The Kier molecular flexibility index (Phi) is 9.42. The van der Waals surface area contributed by atoms with Crippen molar-refractivity contribution in [1.29, 1.82) is 0 Å². The maximum atomic E-state index is 5.72. The molecule has 0 aliphatic heterocycles. The fourth-order valence-electron chi connectivity index (χ4n) is 3.17. The van der Waals surface area contributed by atoms with Gasteiger partial charge in [0.1, 0.15) is 0 Å². The summed E-state index contributed by atoms with van der Waals surface area (Å²) in [7, 11) is 0. The molecule has 2 heteroatoms. The molecule has 0 radical (unpaired) electrons. The van der Waals surface area contributed by atoms with Crippen LogP contribution in [0.2, 0.25) is 0 Å². The van der Waals surface area contributed by atoms with E-state index in [9.17, 15) is 0 Å². The molecule has 1 unspecified atom stereocenters. The Hall–Kier alpha value is -1.12. The smallest absolute Gasteiger partial charge is 0.0624 e. The average Bonchev–Trinajstić information content (AvgIpc) is 2.68. The third-order valence-electron chi connectivity index (χ3n) is 4.92. The van der Waals surface area contributed by atoms with E-state index >= 15 is 0 Å². The first-order chi connectivity index (χ1) is 12.7. The highest BCUT2D eigenvalue weighted by Crippen LogP contribution is 2.26. The van der Waals surface area contributed by atoms with Crippen LogP contribution in [0.1, 0.15) is 79.9 Å². The van der Waals surface area contributed by atoms with E-state index in [1.54, 1.807) is 0 Å². The molecule has 140 valence electrons. The van der Waals surface area contributed by atoms with Crippen molar-refractivity contribution < 1.29 is 0 Å². The fraction of sp³-hybridized carbons (Fsp3) is 0.458. The van der Waals surface area contributed by atoms with Crippen molar-refractivity contribution in [3.8, 4) is 0 Å². The van der Waals surface area contributed by atoms with Gasteiger partial charge in [-0.1, -0.05) is 100 Å². The topological polar surface area (TPSA) is 0 Å². The number of aryl methyl sites for hydroxylation is 2. The molecule has 26 heavy (non-hydrogen) atoms. The third-order valence-corrected chi connectivity index (χ3v) is 6.12. The Morgan fingerprint density at radius 2 is 1.23 bits per heavy atom. The SMILES string of the molecule is CCCCCc1ccc(C(=S)C(S)c2ccc(CCCCC)cc2)cc1.